The standard InChI is InChI=1S/C17H19FO3/c1-10-6-5-7-12(11(10)2)17(19)13-8-15(20-3)16(21-4)9-14(13)18/h5-9,17,19H,1-4H3. The van der Waals surface area contributed by atoms with Gasteiger partial charge in [0.1, 0.15) is 11.9 Å². The van der Waals surface area contributed by atoms with Crippen LogP contribution >= 0.6 is 0 Å². The number of aliphatic hydroxyl groups excluding tert-OH is 1. The van der Waals surface area contributed by atoms with Crippen molar-refractivity contribution >= 4 is 0 Å². The highest BCUT2D eigenvalue weighted by atomic mass is 19.1. The molecule has 4 heteroatoms. The zero-order valence-electron chi connectivity index (χ0n) is 12.6. The van der Waals surface area contributed by atoms with Crippen LogP contribution in [0.3, 0.4) is 0 Å². The smallest absolute Gasteiger partial charge is 0.163 e. The molecule has 0 saturated carbocycles. The fourth-order valence-electron chi connectivity index (χ4n) is 2.32. The quantitative estimate of drug-likeness (QED) is 0.936. The van der Waals surface area contributed by atoms with Gasteiger partial charge in [0.25, 0.3) is 0 Å². The predicted molar refractivity (Wildman–Crippen MR) is 79.5 cm³/mol. The van der Waals surface area contributed by atoms with Crippen LogP contribution in [0.4, 0.5) is 4.39 Å². The zero-order chi connectivity index (χ0) is 15.6. The van der Waals surface area contributed by atoms with Gasteiger partial charge in [-0.25, -0.2) is 4.39 Å². The molecule has 3 nitrogen and oxygen atoms in total. The Morgan fingerprint density at radius 2 is 1.62 bits per heavy atom. The largest absolute Gasteiger partial charge is 0.493 e. The minimum Gasteiger partial charge on any atom is -0.493 e. The lowest BCUT2D eigenvalue weighted by Gasteiger charge is -2.18. The van der Waals surface area contributed by atoms with Crippen LogP contribution in [0.5, 0.6) is 11.5 Å². The zero-order valence-corrected chi connectivity index (χ0v) is 12.6. The van der Waals surface area contributed by atoms with Crippen molar-refractivity contribution in [2.75, 3.05) is 14.2 Å². The van der Waals surface area contributed by atoms with Crippen molar-refractivity contribution in [1.29, 1.82) is 0 Å². The van der Waals surface area contributed by atoms with Crippen LogP contribution in [0.1, 0.15) is 28.4 Å². The van der Waals surface area contributed by atoms with Crippen molar-refractivity contribution < 1.29 is 19.0 Å². The van der Waals surface area contributed by atoms with Gasteiger partial charge in [-0.1, -0.05) is 18.2 Å². The van der Waals surface area contributed by atoms with Crippen LogP contribution in [-0.4, -0.2) is 19.3 Å². The summed E-state index contributed by atoms with van der Waals surface area (Å²) in [6, 6.07) is 8.29. The number of hydrogen-bond donors (Lipinski definition) is 1. The first-order valence-corrected chi connectivity index (χ1v) is 6.65. The van der Waals surface area contributed by atoms with Crippen LogP contribution in [0.15, 0.2) is 30.3 Å². The molecule has 2 rings (SSSR count). The van der Waals surface area contributed by atoms with Crippen molar-refractivity contribution in [1.82, 2.24) is 0 Å². The molecule has 0 spiro atoms. The fraction of sp³-hybridized carbons (Fsp3) is 0.294. The molecular weight excluding hydrogens is 271 g/mol. The van der Waals surface area contributed by atoms with Gasteiger partial charge in [0.2, 0.25) is 0 Å². The van der Waals surface area contributed by atoms with Crippen LogP contribution < -0.4 is 9.47 Å². The second kappa shape index (κ2) is 6.14. The van der Waals surface area contributed by atoms with Gasteiger partial charge in [0, 0.05) is 11.6 Å². The van der Waals surface area contributed by atoms with E-state index in [4.69, 9.17) is 9.47 Å². The molecule has 2 aromatic carbocycles. The number of ether oxygens (including phenoxy) is 2. The van der Waals surface area contributed by atoms with E-state index in [1.807, 2.05) is 26.0 Å². The van der Waals surface area contributed by atoms with Gasteiger partial charge >= 0.3 is 0 Å². The van der Waals surface area contributed by atoms with Gasteiger partial charge in [-0.05, 0) is 36.6 Å². The highest BCUT2D eigenvalue weighted by Crippen LogP contribution is 2.35. The summed E-state index contributed by atoms with van der Waals surface area (Å²) in [6.07, 6.45) is -1.05. The van der Waals surface area contributed by atoms with E-state index in [1.54, 1.807) is 6.07 Å². The lowest BCUT2D eigenvalue weighted by atomic mass is 9.94. The average molecular weight is 290 g/mol. The third kappa shape index (κ3) is 2.85. The molecule has 0 aliphatic rings. The fourth-order valence-corrected chi connectivity index (χ4v) is 2.32. The lowest BCUT2D eigenvalue weighted by Crippen LogP contribution is -2.06. The van der Waals surface area contributed by atoms with Gasteiger partial charge < -0.3 is 14.6 Å². The molecule has 1 atom stereocenters. The molecule has 112 valence electrons. The van der Waals surface area contributed by atoms with E-state index in [2.05, 4.69) is 0 Å². The number of benzene rings is 2. The summed E-state index contributed by atoms with van der Waals surface area (Å²) in [4.78, 5) is 0. The minimum atomic E-state index is -1.05. The summed E-state index contributed by atoms with van der Waals surface area (Å²) in [5.74, 6) is 0.159. The second-order valence-electron chi connectivity index (χ2n) is 4.92. The Hall–Kier alpha value is -2.07. The third-order valence-corrected chi connectivity index (χ3v) is 3.74. The van der Waals surface area contributed by atoms with E-state index < -0.39 is 11.9 Å². The normalized spacial score (nSPS) is 12.1. The molecule has 21 heavy (non-hydrogen) atoms. The maximum Gasteiger partial charge on any atom is 0.163 e. The van der Waals surface area contributed by atoms with E-state index in [-0.39, 0.29) is 5.56 Å². The number of hydrogen-bond acceptors (Lipinski definition) is 3. The summed E-state index contributed by atoms with van der Waals surface area (Å²) >= 11 is 0. The molecule has 0 amide bonds. The molecule has 2 aromatic rings. The third-order valence-electron chi connectivity index (χ3n) is 3.74. The van der Waals surface area contributed by atoms with Gasteiger partial charge in [0.05, 0.1) is 14.2 Å². The molecule has 1 unspecified atom stereocenters. The lowest BCUT2D eigenvalue weighted by molar-refractivity contribution is 0.213. The summed E-state index contributed by atoms with van der Waals surface area (Å²) in [5, 5.41) is 10.5. The van der Waals surface area contributed by atoms with Crippen LogP contribution in [0.25, 0.3) is 0 Å². The van der Waals surface area contributed by atoms with E-state index in [1.165, 1.54) is 26.4 Å². The second-order valence-corrected chi connectivity index (χ2v) is 4.92. The van der Waals surface area contributed by atoms with Gasteiger partial charge in [-0.15, -0.1) is 0 Å². The topological polar surface area (TPSA) is 38.7 Å². The van der Waals surface area contributed by atoms with Crippen molar-refractivity contribution in [3.63, 3.8) is 0 Å². The molecule has 0 aliphatic carbocycles. The molecule has 0 radical (unpaired) electrons. The summed E-state index contributed by atoms with van der Waals surface area (Å²) in [6.45, 7) is 3.86. The molecule has 0 bridgehead atoms. The van der Waals surface area contributed by atoms with E-state index in [0.29, 0.717) is 17.1 Å². The van der Waals surface area contributed by atoms with E-state index in [9.17, 15) is 9.50 Å². The Kier molecular flexibility index (Phi) is 4.48. The molecule has 1 N–H and O–H groups in total. The van der Waals surface area contributed by atoms with E-state index in [0.717, 1.165) is 11.1 Å². The van der Waals surface area contributed by atoms with Crippen LogP contribution in [0.2, 0.25) is 0 Å². The first kappa shape index (κ1) is 15.3. The maximum absolute atomic E-state index is 14.2. The molecule has 0 fully saturated rings. The van der Waals surface area contributed by atoms with Gasteiger partial charge in [0.15, 0.2) is 11.5 Å². The molecule has 0 heterocycles. The highest BCUT2D eigenvalue weighted by molar-refractivity contribution is 5.47. The van der Waals surface area contributed by atoms with Crippen molar-refractivity contribution in [2.24, 2.45) is 0 Å². The van der Waals surface area contributed by atoms with Crippen molar-refractivity contribution in [3.05, 3.63) is 58.4 Å². The predicted octanol–water partition coefficient (Wildman–Crippen LogP) is 3.54. The Balaban J connectivity index is 2.53. The number of rotatable bonds is 4. The van der Waals surface area contributed by atoms with Gasteiger partial charge in [-0.2, -0.15) is 0 Å². The number of methoxy groups -OCH3 is 2. The molecule has 0 aromatic heterocycles. The molecule has 0 aliphatic heterocycles. The van der Waals surface area contributed by atoms with Crippen molar-refractivity contribution in [2.45, 2.75) is 20.0 Å². The molecular formula is C17H19FO3. The van der Waals surface area contributed by atoms with Crippen LogP contribution in [0, 0.1) is 19.7 Å². The SMILES string of the molecule is COc1cc(F)c(C(O)c2cccc(C)c2C)cc1OC. The highest BCUT2D eigenvalue weighted by Gasteiger charge is 2.20. The van der Waals surface area contributed by atoms with Crippen LogP contribution in [-0.2, 0) is 0 Å². The minimum absolute atomic E-state index is 0.168. The van der Waals surface area contributed by atoms with Gasteiger partial charge in [-0.3, -0.25) is 0 Å². The monoisotopic (exact) mass is 290 g/mol. The first-order valence-electron chi connectivity index (χ1n) is 6.65. The number of aryl methyl sites for hydroxylation is 1. The number of halogens is 1. The number of aliphatic hydroxyl groups is 1. The Morgan fingerprint density at radius 1 is 1.00 bits per heavy atom. The summed E-state index contributed by atoms with van der Waals surface area (Å²) < 4.78 is 24.4. The Bertz CT molecular complexity index is 653. The van der Waals surface area contributed by atoms with Crippen molar-refractivity contribution in [3.8, 4) is 11.5 Å². The summed E-state index contributed by atoms with van der Waals surface area (Å²) in [5.41, 5.74) is 2.84. The maximum atomic E-state index is 14.2. The average Bonchev–Trinajstić information content (AvgIpc) is 2.49. The Morgan fingerprint density at radius 3 is 2.24 bits per heavy atom. The molecule has 0 saturated heterocycles. The first-order chi connectivity index (χ1) is 9.99. The summed E-state index contributed by atoms with van der Waals surface area (Å²) in [7, 11) is 2.92. The Labute approximate surface area is 124 Å². The van der Waals surface area contributed by atoms with E-state index >= 15 is 0 Å².